The molecule has 1 unspecified atom stereocenters. The van der Waals surface area contributed by atoms with E-state index >= 15 is 0 Å². The number of alkyl carbamates (subject to hydrolysis) is 1. The van der Waals surface area contributed by atoms with Crippen molar-refractivity contribution in [3.05, 3.63) is 35.0 Å². The zero-order chi connectivity index (χ0) is 20.7. The number of carbonyl (C=O) groups excluding carboxylic acids is 2. The second-order valence-electron chi connectivity index (χ2n) is 9.14. The maximum absolute atomic E-state index is 13.0. The summed E-state index contributed by atoms with van der Waals surface area (Å²) in [5, 5.41) is 7.04. The molecule has 0 radical (unpaired) electrons. The van der Waals surface area contributed by atoms with Crippen LogP contribution in [0.1, 0.15) is 62.2 Å². The van der Waals surface area contributed by atoms with Crippen LogP contribution >= 0.6 is 0 Å². The van der Waals surface area contributed by atoms with E-state index in [4.69, 9.17) is 4.74 Å². The molecule has 1 aromatic carbocycles. The summed E-state index contributed by atoms with van der Waals surface area (Å²) in [5.74, 6) is 0.229. The van der Waals surface area contributed by atoms with E-state index in [0.717, 1.165) is 35.0 Å². The van der Waals surface area contributed by atoms with Gasteiger partial charge in [-0.15, -0.1) is 0 Å². The predicted octanol–water partition coefficient (Wildman–Crippen LogP) is 4.21. The molecule has 3 N–H and O–H groups in total. The Morgan fingerprint density at radius 1 is 1.18 bits per heavy atom. The lowest BCUT2D eigenvalue weighted by Gasteiger charge is -2.32. The van der Waals surface area contributed by atoms with Crippen LogP contribution in [0.25, 0.3) is 10.9 Å². The third kappa shape index (κ3) is 4.49. The quantitative estimate of drug-likeness (QED) is 0.721. The van der Waals surface area contributed by atoms with Gasteiger partial charge in [-0.1, -0.05) is 0 Å². The van der Waals surface area contributed by atoms with Gasteiger partial charge in [-0.2, -0.15) is 0 Å². The van der Waals surface area contributed by atoms with Crippen molar-refractivity contribution in [3.8, 4) is 0 Å². The van der Waals surface area contributed by atoms with Crippen LogP contribution in [0, 0.1) is 19.8 Å². The molecule has 3 rings (SSSR count). The lowest BCUT2D eigenvalue weighted by molar-refractivity contribution is 0.0502. The van der Waals surface area contributed by atoms with Crippen LogP contribution in [0.3, 0.4) is 0 Å². The van der Waals surface area contributed by atoms with Gasteiger partial charge < -0.3 is 20.4 Å². The first-order valence-electron chi connectivity index (χ1n) is 9.87. The number of aromatic amines is 1. The van der Waals surface area contributed by atoms with Gasteiger partial charge in [0.05, 0.1) is 5.54 Å². The zero-order valence-electron chi connectivity index (χ0n) is 17.7. The first-order chi connectivity index (χ1) is 13.0. The van der Waals surface area contributed by atoms with Crippen LogP contribution in [0.5, 0.6) is 0 Å². The summed E-state index contributed by atoms with van der Waals surface area (Å²) in [7, 11) is 0. The Morgan fingerprint density at radius 2 is 1.86 bits per heavy atom. The highest BCUT2D eigenvalue weighted by molar-refractivity contribution is 5.99. The molecular formula is C22H31N3O3. The van der Waals surface area contributed by atoms with Gasteiger partial charge in [-0.3, -0.25) is 4.79 Å². The standard InChI is InChI=1S/C22H31N3O3/c1-13-14(2)24-18-10-7-15(11-17(13)18)19(26)25-22(6,16-8-9-16)12-23-20(27)28-21(3,4)5/h7,10-11,16,24H,8-9,12H2,1-6H3,(H,23,27)(H,25,26). The fraction of sp³-hybridized carbons (Fsp3) is 0.545. The van der Waals surface area contributed by atoms with Gasteiger partial charge in [0.1, 0.15) is 5.60 Å². The number of aromatic nitrogens is 1. The van der Waals surface area contributed by atoms with Crippen molar-refractivity contribution in [1.82, 2.24) is 15.6 Å². The number of H-pyrrole nitrogens is 1. The molecule has 1 heterocycles. The molecule has 1 saturated carbocycles. The number of rotatable bonds is 5. The van der Waals surface area contributed by atoms with E-state index in [2.05, 4.69) is 22.5 Å². The minimum absolute atomic E-state index is 0.124. The van der Waals surface area contributed by atoms with E-state index in [-0.39, 0.29) is 5.91 Å². The second kappa shape index (κ2) is 7.15. The minimum atomic E-state index is -0.550. The van der Waals surface area contributed by atoms with Crippen molar-refractivity contribution in [1.29, 1.82) is 0 Å². The molecule has 152 valence electrons. The Balaban J connectivity index is 1.72. The van der Waals surface area contributed by atoms with Crippen molar-refractivity contribution < 1.29 is 14.3 Å². The maximum atomic E-state index is 13.0. The highest BCUT2D eigenvalue weighted by Gasteiger charge is 2.43. The summed E-state index contributed by atoms with van der Waals surface area (Å²) in [6, 6.07) is 5.71. The highest BCUT2D eigenvalue weighted by Crippen LogP contribution is 2.39. The molecule has 28 heavy (non-hydrogen) atoms. The highest BCUT2D eigenvalue weighted by atomic mass is 16.6. The van der Waals surface area contributed by atoms with Crippen molar-refractivity contribution >= 4 is 22.9 Å². The van der Waals surface area contributed by atoms with E-state index in [1.807, 2.05) is 52.8 Å². The third-order valence-electron chi connectivity index (χ3n) is 5.45. The molecule has 6 heteroatoms. The molecule has 1 atom stereocenters. The molecule has 2 amide bonds. The number of benzene rings is 1. The van der Waals surface area contributed by atoms with E-state index in [0.29, 0.717) is 18.0 Å². The fourth-order valence-electron chi connectivity index (χ4n) is 3.52. The van der Waals surface area contributed by atoms with E-state index in [9.17, 15) is 9.59 Å². The summed E-state index contributed by atoms with van der Waals surface area (Å²) in [6.07, 6.45) is 1.62. The monoisotopic (exact) mass is 385 g/mol. The molecule has 2 aromatic rings. The molecule has 0 saturated heterocycles. The molecule has 1 fully saturated rings. The number of fused-ring (bicyclic) bond motifs is 1. The van der Waals surface area contributed by atoms with Gasteiger partial charge in [0.25, 0.3) is 5.91 Å². The molecule has 6 nitrogen and oxygen atoms in total. The number of carbonyl (C=O) groups is 2. The van der Waals surface area contributed by atoms with E-state index in [1.165, 1.54) is 0 Å². The summed E-state index contributed by atoms with van der Waals surface area (Å²) < 4.78 is 5.32. The zero-order valence-corrected chi connectivity index (χ0v) is 17.7. The van der Waals surface area contributed by atoms with Crippen molar-refractivity contribution in [2.75, 3.05) is 6.54 Å². The minimum Gasteiger partial charge on any atom is -0.444 e. The van der Waals surface area contributed by atoms with Crippen LogP contribution in [0.4, 0.5) is 4.79 Å². The van der Waals surface area contributed by atoms with E-state index < -0.39 is 17.2 Å². The van der Waals surface area contributed by atoms with E-state index in [1.54, 1.807) is 0 Å². The average Bonchev–Trinajstić information content (AvgIpc) is 3.40. The Bertz CT molecular complexity index is 906. The van der Waals surface area contributed by atoms with Gasteiger partial charge >= 0.3 is 6.09 Å². The lowest BCUT2D eigenvalue weighted by atomic mass is 9.94. The fourth-order valence-corrected chi connectivity index (χ4v) is 3.52. The van der Waals surface area contributed by atoms with Crippen molar-refractivity contribution in [2.24, 2.45) is 5.92 Å². The maximum Gasteiger partial charge on any atom is 0.407 e. The van der Waals surface area contributed by atoms with Crippen LogP contribution in [-0.2, 0) is 4.74 Å². The van der Waals surface area contributed by atoms with Gasteiger partial charge in [0, 0.05) is 28.7 Å². The summed E-state index contributed by atoms with van der Waals surface area (Å²) >= 11 is 0. The smallest absolute Gasteiger partial charge is 0.407 e. The molecule has 1 aromatic heterocycles. The van der Waals surface area contributed by atoms with Gasteiger partial charge in [-0.05, 0) is 84.1 Å². The van der Waals surface area contributed by atoms with Crippen molar-refractivity contribution in [3.63, 3.8) is 0 Å². The van der Waals surface area contributed by atoms with Crippen LogP contribution in [0.15, 0.2) is 18.2 Å². The average molecular weight is 386 g/mol. The van der Waals surface area contributed by atoms with Gasteiger partial charge in [0.2, 0.25) is 0 Å². The molecule has 0 aliphatic heterocycles. The SMILES string of the molecule is Cc1[nH]c2ccc(C(=O)NC(C)(CNC(=O)OC(C)(C)C)C3CC3)cc2c1C. The number of hydrogen-bond acceptors (Lipinski definition) is 3. The van der Waals surface area contributed by atoms with Gasteiger partial charge in [-0.25, -0.2) is 4.79 Å². The Hall–Kier alpha value is -2.50. The second-order valence-corrected chi connectivity index (χ2v) is 9.14. The number of nitrogens with one attached hydrogen (secondary N) is 3. The Morgan fingerprint density at radius 3 is 2.46 bits per heavy atom. The van der Waals surface area contributed by atoms with Crippen LogP contribution in [0.2, 0.25) is 0 Å². The first-order valence-corrected chi connectivity index (χ1v) is 9.87. The third-order valence-corrected chi connectivity index (χ3v) is 5.45. The predicted molar refractivity (Wildman–Crippen MR) is 111 cm³/mol. The number of ether oxygens (including phenoxy) is 1. The van der Waals surface area contributed by atoms with Crippen LogP contribution in [-0.4, -0.2) is 34.7 Å². The summed E-state index contributed by atoms with van der Waals surface area (Å²) in [4.78, 5) is 28.3. The molecule has 0 spiro atoms. The molecular weight excluding hydrogens is 354 g/mol. The van der Waals surface area contributed by atoms with Crippen LogP contribution < -0.4 is 10.6 Å². The molecule has 1 aliphatic rings. The van der Waals surface area contributed by atoms with Crippen molar-refractivity contribution in [2.45, 2.75) is 65.5 Å². The van der Waals surface area contributed by atoms with Gasteiger partial charge in [0.15, 0.2) is 0 Å². The number of amides is 2. The number of aryl methyl sites for hydroxylation is 2. The normalized spacial score (nSPS) is 16.5. The Kier molecular flexibility index (Phi) is 5.17. The molecule has 0 bridgehead atoms. The topological polar surface area (TPSA) is 83.2 Å². The summed E-state index contributed by atoms with van der Waals surface area (Å²) in [6.45, 7) is 11.9. The first kappa shape index (κ1) is 20.2. The number of hydrogen-bond donors (Lipinski definition) is 3. The largest absolute Gasteiger partial charge is 0.444 e. The Labute approximate surface area is 166 Å². The lowest BCUT2D eigenvalue weighted by Crippen LogP contribution is -2.55. The molecule has 1 aliphatic carbocycles. The summed E-state index contributed by atoms with van der Waals surface area (Å²) in [5.41, 5.74) is 2.86.